The van der Waals surface area contributed by atoms with Gasteiger partial charge in [0.05, 0.1) is 12.1 Å². The van der Waals surface area contributed by atoms with Gasteiger partial charge in [-0.15, -0.1) is 0 Å². The van der Waals surface area contributed by atoms with E-state index in [1.807, 2.05) is 29.2 Å². The smallest absolute Gasteiger partial charge is 0.248 e. The normalized spacial score (nSPS) is 19.5. The number of carbonyl (C=O) groups is 2. The first-order valence-electron chi connectivity index (χ1n) is 10.8. The Labute approximate surface area is 181 Å². The zero-order chi connectivity index (χ0) is 22.0. The second-order valence-corrected chi connectivity index (χ2v) is 8.58. The zero-order valence-corrected chi connectivity index (χ0v) is 17.8. The van der Waals surface area contributed by atoms with Crippen molar-refractivity contribution in [1.82, 2.24) is 4.90 Å². The average molecular weight is 427 g/mol. The van der Waals surface area contributed by atoms with Crippen molar-refractivity contribution in [2.24, 2.45) is 5.73 Å². The lowest BCUT2D eigenvalue weighted by molar-refractivity contribution is -0.699. The Bertz CT molecular complexity index is 986. The van der Waals surface area contributed by atoms with Gasteiger partial charge in [0.25, 0.3) is 0 Å². The maximum Gasteiger partial charge on any atom is 0.248 e. The predicted molar refractivity (Wildman–Crippen MR) is 114 cm³/mol. The van der Waals surface area contributed by atoms with Crippen molar-refractivity contribution in [3.8, 4) is 5.75 Å². The molecule has 0 aliphatic carbocycles. The fourth-order valence-corrected chi connectivity index (χ4v) is 4.76. The third-order valence-electron chi connectivity index (χ3n) is 6.55. The molecule has 0 radical (unpaired) electrons. The highest BCUT2D eigenvalue weighted by atomic mass is 19.1. The molecule has 2 aliphatic rings. The number of likely N-dealkylation sites (tertiary alicyclic amines) is 1. The minimum atomic E-state index is -0.469. The molecule has 7 heteroatoms. The molecule has 164 valence electrons. The van der Waals surface area contributed by atoms with E-state index >= 15 is 0 Å². The lowest BCUT2D eigenvalue weighted by atomic mass is 9.80. The molecule has 1 fully saturated rings. The molecular formula is C24H29FN3O3+. The molecule has 0 saturated carbocycles. The molecule has 0 aromatic heterocycles. The van der Waals surface area contributed by atoms with E-state index in [1.165, 1.54) is 6.07 Å². The van der Waals surface area contributed by atoms with E-state index in [4.69, 9.17) is 10.5 Å². The van der Waals surface area contributed by atoms with E-state index in [2.05, 4.69) is 5.32 Å². The van der Waals surface area contributed by atoms with Gasteiger partial charge in [-0.1, -0.05) is 18.2 Å². The first-order valence-corrected chi connectivity index (χ1v) is 10.8. The number of piperidine rings is 1. The first kappa shape index (κ1) is 21.3. The molecule has 4 N–H and O–H groups in total. The number of nitrogens with zero attached hydrogens (tertiary/aromatic N) is 1. The van der Waals surface area contributed by atoms with Crippen LogP contribution >= 0.6 is 0 Å². The largest absolute Gasteiger partial charge is 0.486 e. The van der Waals surface area contributed by atoms with Crippen LogP contribution in [0.15, 0.2) is 42.5 Å². The Morgan fingerprint density at radius 1 is 1.23 bits per heavy atom. The summed E-state index contributed by atoms with van der Waals surface area (Å²) in [5.74, 6) is 0.195. The molecule has 1 saturated heterocycles. The summed E-state index contributed by atoms with van der Waals surface area (Å²) in [6.07, 6.45) is 2.91. The number of hydrogen-bond acceptors (Lipinski definition) is 3. The van der Waals surface area contributed by atoms with E-state index in [0.29, 0.717) is 37.2 Å². The van der Waals surface area contributed by atoms with Crippen molar-refractivity contribution in [3.05, 3.63) is 65.0 Å². The minimum Gasteiger partial charge on any atom is -0.486 e. The molecule has 31 heavy (non-hydrogen) atoms. The Kier molecular flexibility index (Phi) is 5.96. The van der Waals surface area contributed by atoms with Gasteiger partial charge in [0.2, 0.25) is 11.8 Å². The molecule has 2 amide bonds. The van der Waals surface area contributed by atoms with Crippen LogP contribution in [-0.2, 0) is 11.2 Å². The van der Waals surface area contributed by atoms with E-state index in [0.717, 1.165) is 30.6 Å². The van der Waals surface area contributed by atoms with Gasteiger partial charge in [-0.05, 0) is 29.8 Å². The van der Waals surface area contributed by atoms with Gasteiger partial charge in [0.1, 0.15) is 23.2 Å². The van der Waals surface area contributed by atoms with Gasteiger partial charge in [-0.2, -0.15) is 0 Å². The average Bonchev–Trinajstić information content (AvgIpc) is 2.75. The summed E-state index contributed by atoms with van der Waals surface area (Å²) in [5.41, 5.74) is 7.26. The number of benzene rings is 2. The number of ether oxygens (including phenoxy) is 1. The van der Waals surface area contributed by atoms with Crippen molar-refractivity contribution in [2.45, 2.75) is 44.2 Å². The molecule has 1 atom stereocenters. The van der Waals surface area contributed by atoms with E-state index in [1.54, 1.807) is 19.1 Å². The first-order chi connectivity index (χ1) is 14.9. The van der Waals surface area contributed by atoms with Crippen LogP contribution in [0.5, 0.6) is 5.75 Å². The number of rotatable bonds is 5. The maximum atomic E-state index is 14.0. The topological polar surface area (TPSA) is 89.2 Å². The van der Waals surface area contributed by atoms with Gasteiger partial charge in [-0.3, -0.25) is 9.59 Å². The summed E-state index contributed by atoms with van der Waals surface area (Å²) in [7, 11) is 0. The van der Waals surface area contributed by atoms with Crippen LogP contribution < -0.4 is 15.8 Å². The molecule has 1 spiro atoms. The highest BCUT2D eigenvalue weighted by molar-refractivity contribution is 5.93. The number of nitrogens with two attached hydrogens (primary N) is 2. The van der Waals surface area contributed by atoms with Gasteiger partial charge >= 0.3 is 0 Å². The number of fused-ring (bicyclic) bond motifs is 1. The fourth-order valence-electron chi connectivity index (χ4n) is 4.76. The van der Waals surface area contributed by atoms with Gasteiger partial charge < -0.3 is 20.7 Å². The molecule has 2 aromatic rings. The number of quaternary nitrogens is 1. The van der Waals surface area contributed by atoms with Crippen molar-refractivity contribution >= 4 is 11.8 Å². The maximum absolute atomic E-state index is 14.0. The van der Waals surface area contributed by atoms with Gasteiger partial charge in [0, 0.05) is 51.3 Å². The molecule has 6 nitrogen and oxygen atoms in total. The van der Waals surface area contributed by atoms with Crippen molar-refractivity contribution in [1.29, 1.82) is 0 Å². The SMILES string of the molecule is CC(=O)N1CCC2(CC1)CC([NH2+]CCc1ccccc1F)c1cc(C(N)=O)ccc1O2. The standard InChI is InChI=1S/C24H28FN3O3/c1-16(29)28-12-9-24(10-13-28)15-21(27-11-8-17-4-2-3-5-20(17)25)19-14-18(23(26)30)6-7-22(19)31-24/h2-7,14,21,27H,8-13,15H2,1H3,(H2,26,30)/p+1. The monoisotopic (exact) mass is 426 g/mol. The van der Waals surface area contributed by atoms with E-state index in [-0.39, 0.29) is 23.4 Å². The number of primary amides is 1. The fraction of sp³-hybridized carbons (Fsp3) is 0.417. The predicted octanol–water partition coefficient (Wildman–Crippen LogP) is 1.94. The number of carbonyl (C=O) groups excluding carboxylic acids is 2. The van der Waals surface area contributed by atoms with Crippen LogP contribution in [0.4, 0.5) is 4.39 Å². The van der Waals surface area contributed by atoms with Crippen LogP contribution in [0.2, 0.25) is 0 Å². The van der Waals surface area contributed by atoms with Crippen LogP contribution in [-0.4, -0.2) is 41.9 Å². The Morgan fingerprint density at radius 3 is 2.65 bits per heavy atom. The number of amides is 2. The molecule has 0 bridgehead atoms. The molecule has 1 unspecified atom stereocenters. The molecule has 2 aromatic carbocycles. The number of halogens is 1. The Hall–Kier alpha value is -2.93. The third kappa shape index (κ3) is 4.56. The second kappa shape index (κ2) is 8.67. The Balaban J connectivity index is 1.54. The lowest BCUT2D eigenvalue weighted by Crippen LogP contribution is -2.87. The quantitative estimate of drug-likeness (QED) is 0.766. The van der Waals surface area contributed by atoms with Crippen LogP contribution in [0.1, 0.15) is 53.7 Å². The van der Waals surface area contributed by atoms with E-state index in [9.17, 15) is 14.0 Å². The molecule has 2 aliphatic heterocycles. The van der Waals surface area contributed by atoms with Crippen LogP contribution in [0.3, 0.4) is 0 Å². The third-order valence-corrected chi connectivity index (χ3v) is 6.55. The summed E-state index contributed by atoms with van der Waals surface area (Å²) < 4.78 is 20.5. The highest BCUT2D eigenvalue weighted by Crippen LogP contribution is 2.43. The Morgan fingerprint density at radius 2 is 1.97 bits per heavy atom. The van der Waals surface area contributed by atoms with Crippen molar-refractivity contribution < 1.29 is 24.0 Å². The van der Waals surface area contributed by atoms with Gasteiger partial charge in [-0.25, -0.2) is 4.39 Å². The molecule has 4 rings (SSSR count). The minimum absolute atomic E-state index is 0.0682. The van der Waals surface area contributed by atoms with Crippen LogP contribution in [0, 0.1) is 5.82 Å². The van der Waals surface area contributed by atoms with Crippen LogP contribution in [0.25, 0.3) is 0 Å². The summed E-state index contributed by atoms with van der Waals surface area (Å²) in [6.45, 7) is 3.65. The lowest BCUT2D eigenvalue weighted by Gasteiger charge is -2.46. The molecule has 2 heterocycles. The van der Waals surface area contributed by atoms with Crippen molar-refractivity contribution in [2.75, 3.05) is 19.6 Å². The summed E-state index contributed by atoms with van der Waals surface area (Å²) in [5, 5.41) is 2.21. The van der Waals surface area contributed by atoms with E-state index < -0.39 is 5.91 Å². The highest BCUT2D eigenvalue weighted by Gasteiger charge is 2.45. The summed E-state index contributed by atoms with van der Waals surface area (Å²) in [6, 6.07) is 12.2. The van der Waals surface area contributed by atoms with Crippen molar-refractivity contribution in [3.63, 3.8) is 0 Å². The summed E-state index contributed by atoms with van der Waals surface area (Å²) >= 11 is 0. The summed E-state index contributed by atoms with van der Waals surface area (Å²) in [4.78, 5) is 25.3. The second-order valence-electron chi connectivity index (χ2n) is 8.58. The van der Waals surface area contributed by atoms with Gasteiger partial charge in [0.15, 0.2) is 0 Å². The molecular weight excluding hydrogens is 397 g/mol. The zero-order valence-electron chi connectivity index (χ0n) is 17.8. The number of hydrogen-bond donors (Lipinski definition) is 2.